The second-order valence-corrected chi connectivity index (χ2v) is 5.00. The monoisotopic (exact) mass is 286 g/mol. The summed E-state index contributed by atoms with van der Waals surface area (Å²) < 4.78 is 0.403. The molecule has 1 saturated carbocycles. The summed E-state index contributed by atoms with van der Waals surface area (Å²) in [5.41, 5.74) is 0.0317. The Morgan fingerprint density at radius 3 is 2.44 bits per heavy atom. The van der Waals surface area contributed by atoms with E-state index in [1.807, 2.05) is 0 Å². The van der Waals surface area contributed by atoms with Crippen molar-refractivity contribution in [3.05, 3.63) is 22.2 Å². The average molecular weight is 287 g/mol. The van der Waals surface area contributed by atoms with Crippen molar-refractivity contribution < 1.29 is 20.1 Å². The average Bonchev–Trinajstić information content (AvgIpc) is 2.94. The summed E-state index contributed by atoms with van der Waals surface area (Å²) in [4.78, 5) is 10.7. The first-order valence-electron chi connectivity index (χ1n) is 4.89. The van der Waals surface area contributed by atoms with Gasteiger partial charge in [0.1, 0.15) is 0 Å². The number of hydrogen-bond acceptors (Lipinski definition) is 3. The molecule has 0 aliphatic heterocycles. The highest BCUT2D eigenvalue weighted by Crippen LogP contribution is 2.55. The van der Waals surface area contributed by atoms with E-state index in [4.69, 9.17) is 5.11 Å². The zero-order valence-corrected chi connectivity index (χ0v) is 9.99. The van der Waals surface area contributed by atoms with Crippen LogP contribution in [0.4, 0.5) is 0 Å². The van der Waals surface area contributed by atoms with Crippen molar-refractivity contribution >= 4 is 21.9 Å². The number of carbonyl (C=O) groups is 1. The van der Waals surface area contributed by atoms with Crippen LogP contribution in [0.5, 0.6) is 11.5 Å². The fourth-order valence-corrected chi connectivity index (χ4v) is 2.28. The summed E-state index contributed by atoms with van der Waals surface area (Å²) in [6, 6.07) is 3.28. The second-order valence-electron chi connectivity index (χ2n) is 4.14. The maximum absolute atomic E-state index is 10.7. The maximum Gasteiger partial charge on any atom is 0.304 e. The Bertz CT molecular complexity index is 452. The molecule has 1 fully saturated rings. The summed E-state index contributed by atoms with van der Waals surface area (Å²) in [7, 11) is 0. The molecule has 0 unspecified atom stereocenters. The number of halogens is 1. The molecule has 0 amide bonds. The number of benzene rings is 1. The van der Waals surface area contributed by atoms with E-state index in [2.05, 4.69) is 15.9 Å². The number of phenols is 2. The maximum atomic E-state index is 10.7. The van der Waals surface area contributed by atoms with Crippen molar-refractivity contribution in [1.29, 1.82) is 0 Å². The number of phenolic OH excluding ortho intramolecular Hbond substituents is 2. The predicted octanol–water partition coefficient (Wildman–Crippen LogP) is 2.37. The van der Waals surface area contributed by atoms with Crippen molar-refractivity contribution in [2.45, 2.75) is 24.7 Å². The van der Waals surface area contributed by atoms with Gasteiger partial charge in [0.15, 0.2) is 11.5 Å². The summed E-state index contributed by atoms with van der Waals surface area (Å²) in [6.07, 6.45) is 1.45. The van der Waals surface area contributed by atoms with Crippen LogP contribution in [-0.4, -0.2) is 21.3 Å². The molecule has 0 atom stereocenters. The van der Waals surface area contributed by atoms with Gasteiger partial charge >= 0.3 is 5.97 Å². The Morgan fingerprint density at radius 2 is 1.94 bits per heavy atom. The standard InChI is InChI=1S/C11H11BrO4/c12-7-2-1-6(9(15)10(7)16)11(3-4-11)5-8(13)14/h1-2,15-16H,3-5H2,(H,13,14). The quantitative estimate of drug-likeness (QED) is 0.746. The number of rotatable bonds is 3. The minimum absolute atomic E-state index is 0.0123. The van der Waals surface area contributed by atoms with Crippen molar-refractivity contribution in [3.63, 3.8) is 0 Å². The minimum atomic E-state index is -0.890. The fraction of sp³-hybridized carbons (Fsp3) is 0.364. The normalized spacial score (nSPS) is 17.1. The molecule has 1 aromatic rings. The van der Waals surface area contributed by atoms with Gasteiger partial charge in [-0.05, 0) is 34.8 Å². The van der Waals surface area contributed by atoms with E-state index in [-0.39, 0.29) is 17.9 Å². The van der Waals surface area contributed by atoms with Crippen LogP contribution in [0.3, 0.4) is 0 Å². The zero-order chi connectivity index (χ0) is 11.9. The third-order valence-electron chi connectivity index (χ3n) is 3.02. The van der Waals surface area contributed by atoms with E-state index < -0.39 is 11.4 Å². The molecule has 1 aliphatic rings. The molecule has 5 heteroatoms. The van der Waals surface area contributed by atoms with E-state index in [0.29, 0.717) is 10.0 Å². The SMILES string of the molecule is O=C(O)CC1(c2ccc(Br)c(O)c2O)CC1. The summed E-state index contributed by atoms with van der Waals surface area (Å²) in [5, 5.41) is 28.2. The van der Waals surface area contributed by atoms with E-state index in [1.165, 1.54) is 0 Å². The lowest BCUT2D eigenvalue weighted by atomic mass is 9.91. The smallest absolute Gasteiger partial charge is 0.304 e. The molecule has 4 nitrogen and oxygen atoms in total. The Hall–Kier alpha value is -1.23. The largest absolute Gasteiger partial charge is 0.504 e. The summed E-state index contributed by atoms with van der Waals surface area (Å²) in [5.74, 6) is -1.33. The van der Waals surface area contributed by atoms with E-state index in [1.54, 1.807) is 12.1 Å². The van der Waals surface area contributed by atoms with Gasteiger partial charge in [0.2, 0.25) is 0 Å². The molecule has 1 aliphatic carbocycles. The zero-order valence-electron chi connectivity index (χ0n) is 8.40. The Morgan fingerprint density at radius 1 is 1.31 bits per heavy atom. The van der Waals surface area contributed by atoms with Gasteiger partial charge in [-0.25, -0.2) is 0 Å². The van der Waals surface area contributed by atoms with Crippen molar-refractivity contribution in [2.75, 3.05) is 0 Å². The molecule has 0 radical (unpaired) electrons. The molecular weight excluding hydrogens is 276 g/mol. The number of aromatic hydroxyl groups is 2. The topological polar surface area (TPSA) is 77.8 Å². The van der Waals surface area contributed by atoms with Gasteiger partial charge in [0, 0.05) is 11.0 Å². The Kier molecular flexibility index (Phi) is 2.58. The molecule has 0 bridgehead atoms. The highest BCUT2D eigenvalue weighted by Gasteiger charge is 2.48. The number of carboxylic acids is 1. The van der Waals surface area contributed by atoms with Crippen molar-refractivity contribution in [1.82, 2.24) is 0 Å². The van der Waals surface area contributed by atoms with Gasteiger partial charge in [-0.15, -0.1) is 0 Å². The molecule has 0 spiro atoms. The minimum Gasteiger partial charge on any atom is -0.504 e. The van der Waals surface area contributed by atoms with E-state index in [0.717, 1.165) is 12.8 Å². The first-order chi connectivity index (χ1) is 7.46. The number of aliphatic carboxylic acids is 1. The highest BCUT2D eigenvalue weighted by molar-refractivity contribution is 9.10. The van der Waals surface area contributed by atoms with Crippen molar-refractivity contribution in [3.8, 4) is 11.5 Å². The van der Waals surface area contributed by atoms with Gasteiger partial charge in [-0.2, -0.15) is 0 Å². The third kappa shape index (κ3) is 1.75. The van der Waals surface area contributed by atoms with Crippen LogP contribution in [0.15, 0.2) is 16.6 Å². The molecule has 0 saturated heterocycles. The van der Waals surface area contributed by atoms with Crippen LogP contribution < -0.4 is 0 Å². The van der Waals surface area contributed by atoms with Gasteiger partial charge in [-0.1, -0.05) is 6.07 Å². The lowest BCUT2D eigenvalue weighted by Crippen LogP contribution is -2.13. The Balaban J connectivity index is 2.42. The highest BCUT2D eigenvalue weighted by atomic mass is 79.9. The van der Waals surface area contributed by atoms with Crippen LogP contribution in [0.25, 0.3) is 0 Å². The first-order valence-corrected chi connectivity index (χ1v) is 5.68. The second kappa shape index (κ2) is 3.66. The summed E-state index contributed by atoms with van der Waals surface area (Å²) in [6.45, 7) is 0. The molecule has 3 N–H and O–H groups in total. The molecule has 16 heavy (non-hydrogen) atoms. The first kappa shape index (κ1) is 11.3. The molecule has 2 rings (SSSR count). The van der Waals surface area contributed by atoms with Crippen LogP contribution in [-0.2, 0) is 10.2 Å². The lowest BCUT2D eigenvalue weighted by molar-refractivity contribution is -0.137. The van der Waals surface area contributed by atoms with Crippen molar-refractivity contribution in [2.24, 2.45) is 0 Å². The Labute approximate surface area is 101 Å². The number of carboxylic acid groups (broad SMARTS) is 1. The molecule has 1 aromatic carbocycles. The fourth-order valence-electron chi connectivity index (χ4n) is 1.96. The van der Waals surface area contributed by atoms with Gasteiger partial charge < -0.3 is 15.3 Å². The van der Waals surface area contributed by atoms with Crippen LogP contribution in [0.2, 0.25) is 0 Å². The number of hydrogen-bond donors (Lipinski definition) is 3. The van der Waals surface area contributed by atoms with Gasteiger partial charge in [0.25, 0.3) is 0 Å². The van der Waals surface area contributed by atoms with Crippen LogP contribution in [0.1, 0.15) is 24.8 Å². The predicted molar refractivity (Wildman–Crippen MR) is 60.6 cm³/mol. The van der Waals surface area contributed by atoms with Crippen LogP contribution in [0, 0.1) is 0 Å². The molecule has 0 heterocycles. The van der Waals surface area contributed by atoms with E-state index >= 15 is 0 Å². The van der Waals surface area contributed by atoms with Gasteiger partial charge in [0.05, 0.1) is 10.9 Å². The van der Waals surface area contributed by atoms with Gasteiger partial charge in [-0.3, -0.25) is 4.79 Å². The summed E-state index contributed by atoms with van der Waals surface area (Å²) >= 11 is 3.09. The molecule has 0 aromatic heterocycles. The van der Waals surface area contributed by atoms with Crippen LogP contribution >= 0.6 is 15.9 Å². The molecular formula is C11H11BrO4. The lowest BCUT2D eigenvalue weighted by Gasteiger charge is -2.16. The third-order valence-corrected chi connectivity index (χ3v) is 3.66. The molecule has 86 valence electrons. The van der Waals surface area contributed by atoms with E-state index in [9.17, 15) is 15.0 Å².